The lowest BCUT2D eigenvalue weighted by Gasteiger charge is -2.29. The van der Waals surface area contributed by atoms with E-state index in [9.17, 15) is 14.7 Å². The Labute approximate surface area is 131 Å². The van der Waals surface area contributed by atoms with Crippen LogP contribution in [0, 0.1) is 11.8 Å². The Bertz CT molecular complexity index is 595. The van der Waals surface area contributed by atoms with E-state index in [1.807, 2.05) is 13.8 Å². The molecule has 1 heterocycles. The van der Waals surface area contributed by atoms with Crippen LogP contribution in [-0.2, 0) is 9.59 Å². The average molecular weight is 353 g/mol. The van der Waals surface area contributed by atoms with E-state index in [1.54, 1.807) is 18.3 Å². The van der Waals surface area contributed by atoms with Crippen molar-refractivity contribution in [3.05, 3.63) is 33.9 Å². The number of aliphatic carboxylic acids is 1. The van der Waals surface area contributed by atoms with Gasteiger partial charge in [-0.1, -0.05) is 11.1 Å². The Morgan fingerprint density at radius 1 is 1.24 bits per heavy atom. The number of carboxylic acids is 1. The Kier molecular flexibility index (Phi) is 4.77. The molecule has 21 heavy (non-hydrogen) atoms. The lowest BCUT2D eigenvalue weighted by atomic mass is 9.76. The van der Waals surface area contributed by atoms with Crippen LogP contribution in [0.3, 0.4) is 0 Å². The van der Waals surface area contributed by atoms with Gasteiger partial charge >= 0.3 is 5.97 Å². The molecule has 112 valence electrons. The minimum Gasteiger partial charge on any atom is -0.481 e. The fraction of sp³-hybridized carbons (Fsp3) is 0.400. The van der Waals surface area contributed by atoms with Gasteiger partial charge in [0.15, 0.2) is 0 Å². The van der Waals surface area contributed by atoms with Gasteiger partial charge in [0.2, 0.25) is 5.91 Å². The van der Waals surface area contributed by atoms with Crippen molar-refractivity contribution in [2.75, 3.05) is 5.32 Å². The van der Waals surface area contributed by atoms with Crippen molar-refractivity contribution in [1.82, 2.24) is 4.98 Å². The summed E-state index contributed by atoms with van der Waals surface area (Å²) in [5, 5.41) is 12.0. The van der Waals surface area contributed by atoms with Crippen molar-refractivity contribution in [1.29, 1.82) is 0 Å². The largest absolute Gasteiger partial charge is 0.481 e. The molecule has 1 aliphatic carbocycles. The zero-order valence-corrected chi connectivity index (χ0v) is 13.5. The number of amides is 1. The molecule has 1 aromatic rings. The number of halogens is 1. The van der Waals surface area contributed by atoms with Crippen LogP contribution < -0.4 is 5.32 Å². The molecule has 0 fully saturated rings. The first-order chi connectivity index (χ1) is 9.88. The number of allylic oxidation sites excluding steroid dienone is 2. The average Bonchev–Trinajstić information content (AvgIpc) is 2.43. The molecule has 0 spiro atoms. The van der Waals surface area contributed by atoms with Gasteiger partial charge in [0, 0.05) is 10.7 Å². The molecule has 2 rings (SSSR count). The third-order valence-corrected chi connectivity index (χ3v) is 4.37. The lowest BCUT2D eigenvalue weighted by molar-refractivity contribution is -0.146. The standard InChI is InChI=1S/C15H17BrN2O3/c1-8-5-11(12(15(20)21)6-9(8)2)14(19)18-13-4-3-10(16)7-17-13/h3-4,7,11-12H,5-6H2,1-2H3,(H,20,21)(H,17,18,19)/t11-,12+/m1/s1. The van der Waals surface area contributed by atoms with Gasteiger partial charge < -0.3 is 10.4 Å². The number of nitrogens with zero attached hydrogens (tertiary/aromatic N) is 1. The van der Waals surface area contributed by atoms with Gasteiger partial charge in [0.05, 0.1) is 11.8 Å². The van der Waals surface area contributed by atoms with Gasteiger partial charge in [-0.05, 0) is 54.8 Å². The van der Waals surface area contributed by atoms with Gasteiger partial charge in [-0.25, -0.2) is 4.98 Å². The highest BCUT2D eigenvalue weighted by Gasteiger charge is 2.37. The molecular formula is C15H17BrN2O3. The number of carboxylic acid groups (broad SMARTS) is 1. The molecule has 5 nitrogen and oxygen atoms in total. The molecule has 0 aliphatic heterocycles. The molecule has 0 saturated carbocycles. The number of hydrogen-bond donors (Lipinski definition) is 2. The predicted octanol–water partition coefficient (Wildman–Crippen LogP) is 3.23. The number of nitrogens with one attached hydrogen (secondary N) is 1. The quantitative estimate of drug-likeness (QED) is 0.818. The van der Waals surface area contributed by atoms with Crippen molar-refractivity contribution in [2.24, 2.45) is 11.8 Å². The second-order valence-electron chi connectivity index (χ2n) is 5.37. The summed E-state index contributed by atoms with van der Waals surface area (Å²) in [7, 11) is 0. The molecule has 0 aromatic carbocycles. The van der Waals surface area contributed by atoms with Crippen LogP contribution in [0.4, 0.5) is 5.82 Å². The summed E-state index contributed by atoms with van der Waals surface area (Å²) in [5.74, 6) is -2.02. The Hall–Kier alpha value is -1.69. The fourth-order valence-corrected chi connectivity index (χ4v) is 2.73. The molecular weight excluding hydrogens is 336 g/mol. The van der Waals surface area contributed by atoms with E-state index in [1.165, 1.54) is 0 Å². The topological polar surface area (TPSA) is 79.3 Å². The second kappa shape index (κ2) is 6.39. The minimum absolute atomic E-state index is 0.288. The molecule has 6 heteroatoms. The number of anilines is 1. The summed E-state index contributed by atoms with van der Waals surface area (Å²) in [6.07, 6.45) is 2.48. The lowest BCUT2D eigenvalue weighted by Crippen LogP contribution is -2.36. The van der Waals surface area contributed by atoms with Gasteiger partial charge in [-0.2, -0.15) is 0 Å². The molecule has 1 amide bonds. The SMILES string of the molecule is CC1=C(C)C[C@@H](C(=O)Nc2ccc(Br)cn2)[C@@H](C(=O)O)C1. The van der Waals surface area contributed by atoms with Crippen LogP contribution in [0.2, 0.25) is 0 Å². The van der Waals surface area contributed by atoms with E-state index in [4.69, 9.17) is 0 Å². The maximum Gasteiger partial charge on any atom is 0.307 e. The minimum atomic E-state index is -0.925. The Balaban J connectivity index is 2.16. The highest BCUT2D eigenvalue weighted by atomic mass is 79.9. The maximum atomic E-state index is 12.4. The molecule has 0 unspecified atom stereocenters. The van der Waals surface area contributed by atoms with Crippen LogP contribution in [0.15, 0.2) is 33.9 Å². The van der Waals surface area contributed by atoms with Crippen molar-refractivity contribution in [2.45, 2.75) is 26.7 Å². The van der Waals surface area contributed by atoms with E-state index < -0.39 is 17.8 Å². The number of hydrogen-bond acceptors (Lipinski definition) is 3. The monoisotopic (exact) mass is 352 g/mol. The molecule has 2 N–H and O–H groups in total. The molecule has 1 aromatic heterocycles. The van der Waals surface area contributed by atoms with Gasteiger partial charge in [-0.15, -0.1) is 0 Å². The fourth-order valence-electron chi connectivity index (χ4n) is 2.50. The van der Waals surface area contributed by atoms with E-state index in [2.05, 4.69) is 26.2 Å². The number of carbonyl (C=O) groups excluding carboxylic acids is 1. The van der Waals surface area contributed by atoms with E-state index in [0.717, 1.165) is 15.6 Å². The van der Waals surface area contributed by atoms with E-state index >= 15 is 0 Å². The van der Waals surface area contributed by atoms with Crippen LogP contribution >= 0.6 is 15.9 Å². The first-order valence-corrected chi connectivity index (χ1v) is 7.48. The van der Waals surface area contributed by atoms with Crippen LogP contribution in [0.1, 0.15) is 26.7 Å². The van der Waals surface area contributed by atoms with Crippen molar-refractivity contribution >= 4 is 33.6 Å². The molecule has 0 radical (unpaired) electrons. The molecule has 2 atom stereocenters. The number of carbonyl (C=O) groups is 2. The number of aromatic nitrogens is 1. The summed E-state index contributed by atoms with van der Waals surface area (Å²) >= 11 is 3.27. The van der Waals surface area contributed by atoms with Gasteiger partial charge in [0.1, 0.15) is 5.82 Å². The third kappa shape index (κ3) is 3.69. The molecule has 0 saturated heterocycles. The van der Waals surface area contributed by atoms with E-state index in [-0.39, 0.29) is 5.91 Å². The predicted molar refractivity (Wildman–Crippen MR) is 82.8 cm³/mol. The summed E-state index contributed by atoms with van der Waals surface area (Å²) in [6, 6.07) is 3.45. The van der Waals surface area contributed by atoms with E-state index in [0.29, 0.717) is 18.7 Å². The van der Waals surface area contributed by atoms with Crippen LogP contribution in [-0.4, -0.2) is 22.0 Å². The van der Waals surface area contributed by atoms with Crippen molar-refractivity contribution in [3.8, 4) is 0 Å². The van der Waals surface area contributed by atoms with Crippen LogP contribution in [0.5, 0.6) is 0 Å². The zero-order valence-electron chi connectivity index (χ0n) is 11.9. The highest BCUT2D eigenvalue weighted by molar-refractivity contribution is 9.10. The highest BCUT2D eigenvalue weighted by Crippen LogP contribution is 2.34. The van der Waals surface area contributed by atoms with Crippen LogP contribution in [0.25, 0.3) is 0 Å². The molecule has 1 aliphatic rings. The molecule has 0 bridgehead atoms. The summed E-state index contributed by atoms with van der Waals surface area (Å²) < 4.78 is 0.816. The van der Waals surface area contributed by atoms with Crippen molar-refractivity contribution in [3.63, 3.8) is 0 Å². The van der Waals surface area contributed by atoms with Gasteiger partial charge in [-0.3, -0.25) is 9.59 Å². The zero-order chi connectivity index (χ0) is 15.6. The normalized spacial score (nSPS) is 22.0. The second-order valence-corrected chi connectivity index (χ2v) is 6.29. The Morgan fingerprint density at radius 2 is 1.86 bits per heavy atom. The number of pyridine rings is 1. The van der Waals surface area contributed by atoms with Crippen molar-refractivity contribution < 1.29 is 14.7 Å². The third-order valence-electron chi connectivity index (χ3n) is 3.90. The summed E-state index contributed by atoms with van der Waals surface area (Å²) in [6.45, 7) is 3.88. The Morgan fingerprint density at radius 3 is 2.38 bits per heavy atom. The van der Waals surface area contributed by atoms with Gasteiger partial charge in [0.25, 0.3) is 0 Å². The summed E-state index contributed by atoms with van der Waals surface area (Å²) in [4.78, 5) is 27.8. The summed E-state index contributed by atoms with van der Waals surface area (Å²) in [5.41, 5.74) is 2.16. The maximum absolute atomic E-state index is 12.4. The first-order valence-electron chi connectivity index (χ1n) is 6.69. The smallest absolute Gasteiger partial charge is 0.307 e. The first kappa shape index (κ1) is 15.7. The number of rotatable bonds is 3.